The number of nitrogens with one attached hydrogen (secondary N) is 1. The van der Waals surface area contributed by atoms with E-state index in [1.807, 2.05) is 12.1 Å². The summed E-state index contributed by atoms with van der Waals surface area (Å²) in [5.74, 6) is 1.11. The summed E-state index contributed by atoms with van der Waals surface area (Å²) in [4.78, 5) is 0. The molecule has 0 saturated carbocycles. The number of benzene rings is 1. The highest BCUT2D eigenvalue weighted by molar-refractivity contribution is 5.82. The van der Waals surface area contributed by atoms with Crippen molar-refractivity contribution in [2.45, 2.75) is 33.2 Å². The van der Waals surface area contributed by atoms with Crippen LogP contribution in [-0.2, 0) is 13.0 Å². The van der Waals surface area contributed by atoms with Gasteiger partial charge in [-0.05, 0) is 26.0 Å². The molecule has 1 heterocycles. The highest BCUT2D eigenvalue weighted by Gasteiger charge is 2.11. The van der Waals surface area contributed by atoms with Crippen LogP contribution in [0, 0.1) is 0 Å². The molecule has 0 amide bonds. The van der Waals surface area contributed by atoms with E-state index >= 15 is 0 Å². The van der Waals surface area contributed by atoms with Crippen molar-refractivity contribution in [3.63, 3.8) is 0 Å². The summed E-state index contributed by atoms with van der Waals surface area (Å²) in [7, 11) is 0. The van der Waals surface area contributed by atoms with Gasteiger partial charge in [0.15, 0.2) is 0 Å². The summed E-state index contributed by atoms with van der Waals surface area (Å²) in [6.07, 6.45) is 6.29. The van der Waals surface area contributed by atoms with Gasteiger partial charge in [-0.3, -0.25) is 0 Å². The van der Waals surface area contributed by atoms with E-state index in [1.165, 1.54) is 10.9 Å². The van der Waals surface area contributed by atoms with Gasteiger partial charge in [0.2, 0.25) is 0 Å². The van der Waals surface area contributed by atoms with Crippen LogP contribution in [0.3, 0.4) is 0 Å². The first kappa shape index (κ1) is 12.9. The maximum Gasteiger partial charge on any atom is 0.134 e. The van der Waals surface area contributed by atoms with Gasteiger partial charge in [-0.1, -0.05) is 37.3 Å². The minimum absolute atomic E-state index is 0.887. The van der Waals surface area contributed by atoms with E-state index in [4.69, 9.17) is 4.42 Å². The molecule has 0 unspecified atom stereocenters. The topological polar surface area (TPSA) is 25.2 Å². The molecule has 2 aromatic rings. The fraction of sp³-hybridized carbons (Fsp3) is 0.375. The lowest BCUT2D eigenvalue weighted by Crippen LogP contribution is -2.14. The largest absolute Gasteiger partial charge is 0.461 e. The average molecular weight is 243 g/mol. The molecule has 0 radical (unpaired) electrons. The predicted octanol–water partition coefficient (Wildman–Crippen LogP) is 4.05. The molecule has 0 atom stereocenters. The summed E-state index contributed by atoms with van der Waals surface area (Å²) in [6, 6.07) is 8.27. The number of para-hydroxylation sites is 1. The number of hydrogen-bond donors (Lipinski definition) is 1. The Kier molecular flexibility index (Phi) is 4.59. The maximum atomic E-state index is 5.87. The zero-order valence-corrected chi connectivity index (χ0v) is 11.2. The third kappa shape index (κ3) is 2.82. The predicted molar refractivity (Wildman–Crippen MR) is 76.7 cm³/mol. The number of furan rings is 1. The van der Waals surface area contributed by atoms with Crippen molar-refractivity contribution in [3.05, 3.63) is 47.7 Å². The maximum absolute atomic E-state index is 5.87. The SMILES string of the molecule is C/C=C/CCNCc1c(CC)oc2ccccc12. The summed E-state index contributed by atoms with van der Waals surface area (Å²) >= 11 is 0. The molecule has 2 nitrogen and oxygen atoms in total. The van der Waals surface area contributed by atoms with Crippen molar-refractivity contribution in [1.82, 2.24) is 5.32 Å². The Balaban J connectivity index is 2.10. The van der Waals surface area contributed by atoms with Crippen molar-refractivity contribution < 1.29 is 4.42 Å². The number of hydrogen-bond acceptors (Lipinski definition) is 2. The highest BCUT2D eigenvalue weighted by atomic mass is 16.3. The molecule has 0 aliphatic rings. The minimum atomic E-state index is 0.887. The molecule has 96 valence electrons. The molecule has 0 aliphatic carbocycles. The van der Waals surface area contributed by atoms with Crippen molar-refractivity contribution in [1.29, 1.82) is 0 Å². The van der Waals surface area contributed by atoms with E-state index in [2.05, 4.69) is 43.4 Å². The van der Waals surface area contributed by atoms with E-state index in [-0.39, 0.29) is 0 Å². The first-order valence-corrected chi connectivity index (χ1v) is 6.68. The Morgan fingerprint density at radius 2 is 2.11 bits per heavy atom. The Labute approximate surface area is 109 Å². The van der Waals surface area contributed by atoms with Crippen molar-refractivity contribution in [2.75, 3.05) is 6.54 Å². The average Bonchev–Trinajstić information content (AvgIpc) is 2.77. The quantitative estimate of drug-likeness (QED) is 0.611. The van der Waals surface area contributed by atoms with Gasteiger partial charge in [-0.15, -0.1) is 0 Å². The third-order valence-electron chi connectivity index (χ3n) is 3.13. The van der Waals surface area contributed by atoms with Gasteiger partial charge < -0.3 is 9.73 Å². The molecule has 0 fully saturated rings. The van der Waals surface area contributed by atoms with Crippen LogP contribution in [0.5, 0.6) is 0 Å². The van der Waals surface area contributed by atoms with Gasteiger partial charge >= 0.3 is 0 Å². The van der Waals surface area contributed by atoms with Crippen LogP contribution in [-0.4, -0.2) is 6.54 Å². The van der Waals surface area contributed by atoms with Crippen molar-refractivity contribution in [3.8, 4) is 0 Å². The Bertz CT molecular complexity index is 525. The summed E-state index contributed by atoms with van der Waals surface area (Å²) in [5.41, 5.74) is 2.31. The fourth-order valence-corrected chi connectivity index (χ4v) is 2.19. The Morgan fingerprint density at radius 3 is 2.89 bits per heavy atom. The monoisotopic (exact) mass is 243 g/mol. The van der Waals surface area contributed by atoms with E-state index in [0.717, 1.165) is 37.3 Å². The van der Waals surface area contributed by atoms with Crippen LogP contribution in [0.1, 0.15) is 31.6 Å². The van der Waals surface area contributed by atoms with Crippen LogP contribution in [0.2, 0.25) is 0 Å². The molecule has 1 N–H and O–H groups in total. The van der Waals surface area contributed by atoms with Crippen LogP contribution in [0.25, 0.3) is 11.0 Å². The van der Waals surface area contributed by atoms with Crippen LogP contribution in [0.15, 0.2) is 40.8 Å². The number of fused-ring (bicyclic) bond motifs is 1. The number of aryl methyl sites for hydroxylation is 1. The van der Waals surface area contributed by atoms with Gasteiger partial charge in [-0.25, -0.2) is 0 Å². The zero-order chi connectivity index (χ0) is 12.8. The number of rotatable bonds is 6. The van der Waals surface area contributed by atoms with Gasteiger partial charge in [0.1, 0.15) is 11.3 Å². The van der Waals surface area contributed by atoms with Gasteiger partial charge in [-0.2, -0.15) is 0 Å². The second kappa shape index (κ2) is 6.41. The smallest absolute Gasteiger partial charge is 0.134 e. The lowest BCUT2D eigenvalue weighted by atomic mass is 10.1. The molecule has 2 rings (SSSR count). The summed E-state index contributed by atoms with van der Waals surface area (Å²) in [6.45, 7) is 6.09. The van der Waals surface area contributed by atoms with Crippen LogP contribution in [0.4, 0.5) is 0 Å². The minimum Gasteiger partial charge on any atom is -0.461 e. The summed E-state index contributed by atoms with van der Waals surface area (Å²) in [5, 5.41) is 4.72. The Morgan fingerprint density at radius 1 is 1.28 bits per heavy atom. The van der Waals surface area contributed by atoms with Gasteiger partial charge in [0.05, 0.1) is 0 Å². The molecule has 0 bridgehead atoms. The molecule has 0 saturated heterocycles. The van der Waals surface area contributed by atoms with E-state index < -0.39 is 0 Å². The van der Waals surface area contributed by atoms with Crippen molar-refractivity contribution in [2.24, 2.45) is 0 Å². The molecular weight excluding hydrogens is 222 g/mol. The normalized spacial score (nSPS) is 11.7. The molecule has 1 aromatic carbocycles. The van der Waals surface area contributed by atoms with Crippen molar-refractivity contribution >= 4 is 11.0 Å². The second-order valence-corrected chi connectivity index (χ2v) is 4.39. The first-order chi connectivity index (χ1) is 8.86. The van der Waals surface area contributed by atoms with Crippen LogP contribution >= 0.6 is 0 Å². The van der Waals surface area contributed by atoms with Gasteiger partial charge in [0.25, 0.3) is 0 Å². The Hall–Kier alpha value is -1.54. The lowest BCUT2D eigenvalue weighted by molar-refractivity contribution is 0.544. The molecular formula is C16H21NO. The number of allylic oxidation sites excluding steroid dienone is 1. The van der Waals surface area contributed by atoms with E-state index in [0.29, 0.717) is 0 Å². The standard InChI is InChI=1S/C16H21NO/c1-3-5-8-11-17-12-14-13-9-6-7-10-16(13)18-15(14)4-2/h3,5-7,9-10,17H,4,8,11-12H2,1-2H3/b5-3+. The fourth-order valence-electron chi connectivity index (χ4n) is 2.19. The molecule has 1 aromatic heterocycles. The van der Waals surface area contributed by atoms with E-state index in [9.17, 15) is 0 Å². The van der Waals surface area contributed by atoms with Gasteiger partial charge in [0, 0.05) is 23.9 Å². The molecule has 0 spiro atoms. The summed E-state index contributed by atoms with van der Waals surface area (Å²) < 4.78 is 5.87. The zero-order valence-electron chi connectivity index (χ0n) is 11.2. The first-order valence-electron chi connectivity index (χ1n) is 6.68. The van der Waals surface area contributed by atoms with E-state index in [1.54, 1.807) is 0 Å². The molecule has 18 heavy (non-hydrogen) atoms. The molecule has 0 aliphatic heterocycles. The second-order valence-electron chi connectivity index (χ2n) is 4.39. The lowest BCUT2D eigenvalue weighted by Gasteiger charge is -2.03. The highest BCUT2D eigenvalue weighted by Crippen LogP contribution is 2.26. The molecule has 2 heteroatoms. The third-order valence-corrected chi connectivity index (χ3v) is 3.13. The van der Waals surface area contributed by atoms with Crippen LogP contribution < -0.4 is 5.32 Å².